The molecule has 3 aromatic rings. The molecular weight excluding hydrogens is 299 g/mol. The Morgan fingerprint density at radius 3 is 3.00 bits per heavy atom. The molecule has 0 spiro atoms. The van der Waals surface area contributed by atoms with E-state index < -0.39 is 11.7 Å². The lowest BCUT2D eigenvalue weighted by Crippen LogP contribution is -2.18. The number of amides is 1. The lowest BCUT2D eigenvalue weighted by atomic mass is 10.2. The first kappa shape index (κ1) is 13.6. The first-order chi connectivity index (χ1) is 11.2. The molecule has 1 saturated carbocycles. The highest BCUT2D eigenvalue weighted by atomic mass is 19.1. The smallest absolute Gasteiger partial charge is 0.293 e. The largest absolute Gasteiger partial charge is 0.381 e. The van der Waals surface area contributed by atoms with E-state index in [0.29, 0.717) is 22.8 Å². The van der Waals surface area contributed by atoms with Crippen LogP contribution in [-0.2, 0) is 0 Å². The Morgan fingerprint density at radius 2 is 2.17 bits per heavy atom. The third kappa shape index (κ3) is 2.70. The molecule has 1 aromatic carbocycles. The van der Waals surface area contributed by atoms with Crippen LogP contribution in [0.1, 0.15) is 23.5 Å². The van der Waals surface area contributed by atoms with Gasteiger partial charge in [-0.3, -0.25) is 9.89 Å². The molecule has 2 aromatic heterocycles. The number of H-pyrrole nitrogens is 1. The van der Waals surface area contributed by atoms with Crippen molar-refractivity contribution in [1.29, 1.82) is 0 Å². The monoisotopic (exact) mass is 312 g/mol. The van der Waals surface area contributed by atoms with Crippen LogP contribution in [0.25, 0.3) is 11.0 Å². The van der Waals surface area contributed by atoms with Crippen molar-refractivity contribution in [3.8, 4) is 0 Å². The molecule has 1 amide bonds. The van der Waals surface area contributed by atoms with Crippen LogP contribution in [0.2, 0.25) is 0 Å². The minimum atomic E-state index is -0.572. The summed E-state index contributed by atoms with van der Waals surface area (Å²) in [6.07, 6.45) is 5.06. The predicted molar refractivity (Wildman–Crippen MR) is 82.7 cm³/mol. The van der Waals surface area contributed by atoms with Gasteiger partial charge in [0.15, 0.2) is 0 Å². The Morgan fingerprint density at radius 1 is 1.30 bits per heavy atom. The highest BCUT2D eigenvalue weighted by molar-refractivity contribution is 6.04. The standard InChI is InChI=1S/C15H13FN6O/c16-9-2-1-3-10(19-8-4-5-8)13(9)21-15(23)14-17-6-12-11(20-14)7-18-22-12/h1-3,6-8,19H,4-5H2,(H,18,22)(H,21,23). The van der Waals surface area contributed by atoms with E-state index in [1.807, 2.05) is 0 Å². The normalized spacial score (nSPS) is 14.0. The van der Waals surface area contributed by atoms with Crippen molar-refractivity contribution in [2.24, 2.45) is 0 Å². The molecule has 0 bridgehead atoms. The van der Waals surface area contributed by atoms with Gasteiger partial charge in [0, 0.05) is 6.04 Å². The van der Waals surface area contributed by atoms with Gasteiger partial charge >= 0.3 is 0 Å². The van der Waals surface area contributed by atoms with E-state index >= 15 is 0 Å². The van der Waals surface area contributed by atoms with Crippen LogP contribution in [0.15, 0.2) is 30.6 Å². The number of nitrogens with zero attached hydrogens (tertiary/aromatic N) is 3. The third-order valence-electron chi connectivity index (χ3n) is 3.58. The van der Waals surface area contributed by atoms with Crippen LogP contribution < -0.4 is 10.6 Å². The number of hydrogen-bond acceptors (Lipinski definition) is 5. The molecule has 1 aliphatic carbocycles. The van der Waals surface area contributed by atoms with E-state index in [-0.39, 0.29) is 11.5 Å². The second kappa shape index (κ2) is 5.31. The number of benzene rings is 1. The number of aromatic nitrogens is 4. The van der Waals surface area contributed by atoms with Crippen molar-refractivity contribution in [3.63, 3.8) is 0 Å². The highest BCUT2D eigenvalue weighted by Crippen LogP contribution is 2.31. The SMILES string of the molecule is O=C(Nc1c(F)cccc1NC1CC1)c1ncc2[nH]ncc2n1. The van der Waals surface area contributed by atoms with Gasteiger partial charge in [0.25, 0.3) is 5.91 Å². The predicted octanol–water partition coefficient (Wildman–Crippen LogP) is 2.32. The molecule has 0 radical (unpaired) electrons. The molecule has 7 nitrogen and oxygen atoms in total. The lowest BCUT2D eigenvalue weighted by molar-refractivity contribution is 0.101. The summed E-state index contributed by atoms with van der Waals surface area (Å²) in [5.41, 5.74) is 1.82. The summed E-state index contributed by atoms with van der Waals surface area (Å²) in [5.74, 6) is -1.12. The molecule has 0 unspecified atom stereocenters. The average Bonchev–Trinajstić information content (AvgIpc) is 3.24. The van der Waals surface area contributed by atoms with Crippen molar-refractivity contribution >= 4 is 28.3 Å². The Balaban J connectivity index is 1.62. The Hall–Kier alpha value is -3.03. The molecule has 4 rings (SSSR count). The summed E-state index contributed by atoms with van der Waals surface area (Å²) in [7, 11) is 0. The van der Waals surface area contributed by atoms with E-state index in [1.54, 1.807) is 12.1 Å². The lowest BCUT2D eigenvalue weighted by Gasteiger charge is -2.13. The van der Waals surface area contributed by atoms with Crippen LogP contribution in [0.5, 0.6) is 0 Å². The van der Waals surface area contributed by atoms with E-state index in [1.165, 1.54) is 18.5 Å². The van der Waals surface area contributed by atoms with E-state index in [4.69, 9.17) is 0 Å². The fraction of sp³-hybridized carbons (Fsp3) is 0.200. The molecule has 1 fully saturated rings. The quantitative estimate of drug-likeness (QED) is 0.687. The number of rotatable bonds is 4. The van der Waals surface area contributed by atoms with Gasteiger partial charge in [0.1, 0.15) is 22.5 Å². The maximum absolute atomic E-state index is 14.1. The summed E-state index contributed by atoms with van der Waals surface area (Å²) in [6, 6.07) is 4.97. The highest BCUT2D eigenvalue weighted by Gasteiger charge is 2.23. The van der Waals surface area contributed by atoms with Gasteiger partial charge in [0.2, 0.25) is 5.82 Å². The number of para-hydroxylation sites is 1. The van der Waals surface area contributed by atoms with Crippen molar-refractivity contribution in [3.05, 3.63) is 42.2 Å². The van der Waals surface area contributed by atoms with Gasteiger partial charge in [-0.05, 0) is 25.0 Å². The zero-order valence-corrected chi connectivity index (χ0v) is 12.0. The van der Waals surface area contributed by atoms with Gasteiger partial charge in [-0.25, -0.2) is 14.4 Å². The van der Waals surface area contributed by atoms with Crippen LogP contribution in [0.3, 0.4) is 0 Å². The zero-order valence-electron chi connectivity index (χ0n) is 12.0. The maximum atomic E-state index is 14.1. The zero-order chi connectivity index (χ0) is 15.8. The van der Waals surface area contributed by atoms with E-state index in [2.05, 4.69) is 30.8 Å². The summed E-state index contributed by atoms with van der Waals surface area (Å²) in [4.78, 5) is 20.4. The summed E-state index contributed by atoms with van der Waals surface area (Å²) < 4.78 is 14.1. The number of aromatic amines is 1. The molecular formula is C15H13FN6O. The number of hydrogen-bond donors (Lipinski definition) is 3. The summed E-state index contributed by atoms with van der Waals surface area (Å²) in [6.45, 7) is 0. The van der Waals surface area contributed by atoms with Gasteiger partial charge in [-0.2, -0.15) is 5.10 Å². The molecule has 1 aliphatic rings. The number of fused-ring (bicyclic) bond motifs is 1. The van der Waals surface area contributed by atoms with Crippen molar-refractivity contribution in [1.82, 2.24) is 20.2 Å². The number of nitrogens with one attached hydrogen (secondary N) is 3. The van der Waals surface area contributed by atoms with Crippen molar-refractivity contribution in [2.45, 2.75) is 18.9 Å². The maximum Gasteiger partial charge on any atom is 0.293 e. The van der Waals surface area contributed by atoms with E-state index in [0.717, 1.165) is 12.8 Å². The number of carbonyl (C=O) groups is 1. The van der Waals surface area contributed by atoms with Crippen LogP contribution in [-0.4, -0.2) is 32.1 Å². The Kier molecular flexibility index (Phi) is 3.14. The topological polar surface area (TPSA) is 95.6 Å². The fourth-order valence-corrected chi connectivity index (χ4v) is 2.24. The fourth-order valence-electron chi connectivity index (χ4n) is 2.24. The minimum Gasteiger partial charge on any atom is -0.381 e. The average molecular weight is 312 g/mol. The van der Waals surface area contributed by atoms with Crippen LogP contribution >= 0.6 is 0 Å². The molecule has 23 heavy (non-hydrogen) atoms. The molecule has 0 saturated heterocycles. The molecule has 8 heteroatoms. The molecule has 0 atom stereocenters. The number of carbonyl (C=O) groups excluding carboxylic acids is 1. The second-order valence-corrected chi connectivity index (χ2v) is 5.40. The van der Waals surface area contributed by atoms with Gasteiger partial charge in [-0.1, -0.05) is 6.07 Å². The minimum absolute atomic E-state index is 0.0421. The summed E-state index contributed by atoms with van der Waals surface area (Å²) in [5, 5.41) is 12.3. The third-order valence-corrected chi connectivity index (χ3v) is 3.58. The second-order valence-electron chi connectivity index (χ2n) is 5.40. The Labute approximate surface area is 130 Å². The van der Waals surface area contributed by atoms with E-state index in [9.17, 15) is 9.18 Å². The Bertz CT molecular complexity index is 889. The van der Waals surface area contributed by atoms with Gasteiger partial charge in [0.05, 0.1) is 18.1 Å². The molecule has 116 valence electrons. The molecule has 3 N–H and O–H groups in total. The first-order valence-electron chi connectivity index (χ1n) is 7.23. The number of anilines is 2. The van der Waals surface area contributed by atoms with Crippen molar-refractivity contribution in [2.75, 3.05) is 10.6 Å². The first-order valence-corrected chi connectivity index (χ1v) is 7.23. The van der Waals surface area contributed by atoms with Crippen LogP contribution in [0.4, 0.5) is 15.8 Å². The van der Waals surface area contributed by atoms with Crippen LogP contribution in [0, 0.1) is 5.82 Å². The summed E-state index contributed by atoms with van der Waals surface area (Å²) >= 11 is 0. The number of halogens is 1. The molecule has 2 heterocycles. The van der Waals surface area contributed by atoms with Crippen molar-refractivity contribution < 1.29 is 9.18 Å². The van der Waals surface area contributed by atoms with Gasteiger partial charge in [-0.15, -0.1) is 0 Å². The molecule has 0 aliphatic heterocycles. The van der Waals surface area contributed by atoms with Gasteiger partial charge < -0.3 is 10.6 Å².